The number of aromatic nitrogens is 2. The van der Waals surface area contributed by atoms with Gasteiger partial charge in [-0.1, -0.05) is 12.1 Å². The number of carbonyl (C=O) groups is 1. The van der Waals surface area contributed by atoms with Gasteiger partial charge in [0.2, 0.25) is 0 Å². The molecule has 4 rings (SSSR count). The van der Waals surface area contributed by atoms with Gasteiger partial charge in [-0.05, 0) is 38.0 Å². The average molecular weight is 444 g/mol. The van der Waals surface area contributed by atoms with Crippen molar-refractivity contribution in [2.45, 2.75) is 31.9 Å². The fourth-order valence-electron chi connectivity index (χ4n) is 3.92. The Morgan fingerprint density at radius 1 is 1.42 bits per heavy atom. The molecule has 2 aliphatic heterocycles. The lowest BCUT2D eigenvalue weighted by Gasteiger charge is -2.31. The van der Waals surface area contributed by atoms with Crippen molar-refractivity contribution in [1.82, 2.24) is 9.55 Å². The van der Waals surface area contributed by atoms with Crippen molar-refractivity contribution >= 4 is 29.7 Å². The summed E-state index contributed by atoms with van der Waals surface area (Å²) in [7, 11) is 0. The molecule has 2 unspecified atom stereocenters. The molecule has 1 aromatic carbocycles. The molecule has 10 nitrogen and oxygen atoms in total. The number of esters is 1. The minimum absolute atomic E-state index is 0.0232. The number of fused-ring (bicyclic) bond motifs is 1. The number of H-pyrrole nitrogens is 1. The molecule has 0 saturated carbocycles. The van der Waals surface area contributed by atoms with Crippen molar-refractivity contribution in [1.29, 1.82) is 0 Å². The van der Waals surface area contributed by atoms with Crippen LogP contribution in [0.2, 0.25) is 0 Å². The summed E-state index contributed by atoms with van der Waals surface area (Å²) in [4.78, 5) is 38.8. The molecule has 31 heavy (non-hydrogen) atoms. The number of aromatic amines is 1. The highest BCUT2D eigenvalue weighted by Crippen LogP contribution is 2.39. The van der Waals surface area contributed by atoms with Gasteiger partial charge in [0.25, 0.3) is 11.2 Å². The molecule has 0 spiro atoms. The van der Waals surface area contributed by atoms with Crippen LogP contribution in [-0.2, 0) is 14.3 Å². The van der Waals surface area contributed by atoms with E-state index >= 15 is 0 Å². The number of nitrogens with zero attached hydrogens (tertiary/aromatic N) is 2. The minimum atomic E-state index is -0.959. The van der Waals surface area contributed by atoms with E-state index in [2.05, 4.69) is 10.3 Å². The minimum Gasteiger partial charge on any atom is -0.459 e. The standard InChI is InChI=1S/C20H20N4O6S/c1-11-17(19(26)30-10-12-5-4-8-29-12)18(13-6-2-3-7-14(13)24(27)28)23-15(21-11)9-16(25)22-20(23)31/h2-3,6-7,9,12,18,21H,4-5,8,10H2,1H3,(H,22,25,31). The van der Waals surface area contributed by atoms with E-state index in [0.29, 0.717) is 18.1 Å². The van der Waals surface area contributed by atoms with Gasteiger partial charge < -0.3 is 14.8 Å². The molecule has 1 aromatic heterocycles. The number of allylic oxidation sites excluding steroid dienone is 1. The van der Waals surface area contributed by atoms with Crippen molar-refractivity contribution in [3.05, 3.63) is 72.4 Å². The first-order valence-electron chi connectivity index (χ1n) is 9.72. The molecule has 1 fully saturated rings. The van der Waals surface area contributed by atoms with Gasteiger partial charge in [-0.25, -0.2) is 4.79 Å². The Labute approximate surface area is 181 Å². The number of nitrogens with one attached hydrogen (secondary N) is 2. The number of carbonyl (C=O) groups excluding carboxylic acids is 1. The van der Waals surface area contributed by atoms with E-state index in [0.717, 1.165) is 12.8 Å². The van der Waals surface area contributed by atoms with E-state index in [1.165, 1.54) is 16.7 Å². The molecule has 0 aliphatic carbocycles. The van der Waals surface area contributed by atoms with E-state index in [4.69, 9.17) is 21.7 Å². The molecule has 2 aromatic rings. The Morgan fingerprint density at radius 3 is 2.90 bits per heavy atom. The molecule has 11 heteroatoms. The molecule has 1 saturated heterocycles. The van der Waals surface area contributed by atoms with Gasteiger partial charge in [-0.3, -0.25) is 24.5 Å². The van der Waals surface area contributed by atoms with Gasteiger partial charge in [-0.15, -0.1) is 0 Å². The van der Waals surface area contributed by atoms with Crippen LogP contribution in [0.25, 0.3) is 0 Å². The summed E-state index contributed by atoms with van der Waals surface area (Å²) in [5.74, 6) is -0.313. The number of ether oxygens (including phenoxy) is 2. The van der Waals surface area contributed by atoms with Crippen LogP contribution in [-0.4, -0.2) is 39.8 Å². The fourth-order valence-corrected chi connectivity index (χ4v) is 4.22. The SMILES string of the molecule is CC1=C(C(=O)OCC2CCCO2)C(c2ccccc2[N+](=O)[O-])n2c(cc(=O)[nH]c2=S)N1. The summed E-state index contributed by atoms with van der Waals surface area (Å²) in [6.07, 6.45) is 1.53. The highest BCUT2D eigenvalue weighted by molar-refractivity contribution is 7.71. The third-order valence-electron chi connectivity index (χ3n) is 5.30. The first kappa shape index (κ1) is 20.9. The number of hydrogen-bond acceptors (Lipinski definition) is 8. The number of benzene rings is 1. The first-order chi connectivity index (χ1) is 14.9. The smallest absolute Gasteiger partial charge is 0.338 e. The Kier molecular flexibility index (Phi) is 5.70. The molecule has 3 heterocycles. The lowest BCUT2D eigenvalue weighted by Crippen LogP contribution is -2.33. The van der Waals surface area contributed by atoms with Crippen molar-refractivity contribution in [3.63, 3.8) is 0 Å². The maximum Gasteiger partial charge on any atom is 0.338 e. The number of nitro groups is 1. The molecule has 0 amide bonds. The largest absolute Gasteiger partial charge is 0.459 e. The second kappa shape index (κ2) is 8.44. The Bertz CT molecular complexity index is 1190. The van der Waals surface area contributed by atoms with Gasteiger partial charge in [0.15, 0.2) is 4.77 Å². The first-order valence-corrected chi connectivity index (χ1v) is 10.1. The van der Waals surface area contributed by atoms with Crippen LogP contribution in [0.3, 0.4) is 0 Å². The van der Waals surface area contributed by atoms with Gasteiger partial charge >= 0.3 is 5.97 Å². The van der Waals surface area contributed by atoms with Crippen LogP contribution in [0.15, 0.2) is 46.4 Å². The third kappa shape index (κ3) is 4.01. The summed E-state index contributed by atoms with van der Waals surface area (Å²) in [6.45, 7) is 2.36. The lowest BCUT2D eigenvalue weighted by atomic mass is 9.93. The van der Waals surface area contributed by atoms with E-state index in [1.54, 1.807) is 25.1 Å². The quantitative estimate of drug-likeness (QED) is 0.312. The lowest BCUT2D eigenvalue weighted by molar-refractivity contribution is -0.385. The zero-order valence-electron chi connectivity index (χ0n) is 16.6. The molecule has 162 valence electrons. The van der Waals surface area contributed by atoms with Crippen molar-refractivity contribution < 1.29 is 19.2 Å². The summed E-state index contributed by atoms with van der Waals surface area (Å²) in [5.41, 5.74) is 0.234. The van der Waals surface area contributed by atoms with Gasteiger partial charge in [0, 0.05) is 24.4 Å². The molecule has 2 N–H and O–H groups in total. The molecule has 0 radical (unpaired) electrons. The number of nitro benzene ring substituents is 1. The third-order valence-corrected chi connectivity index (χ3v) is 5.60. The van der Waals surface area contributed by atoms with Crippen LogP contribution in [0.1, 0.15) is 31.4 Å². The normalized spacial score (nSPS) is 20.2. The van der Waals surface area contributed by atoms with E-state index in [1.807, 2.05) is 0 Å². The van der Waals surface area contributed by atoms with Gasteiger partial charge in [-0.2, -0.15) is 0 Å². The van der Waals surface area contributed by atoms with Crippen LogP contribution in [0.5, 0.6) is 0 Å². The predicted octanol–water partition coefficient (Wildman–Crippen LogP) is 2.83. The maximum absolute atomic E-state index is 13.2. The van der Waals surface area contributed by atoms with Gasteiger partial charge in [0.1, 0.15) is 18.5 Å². The van der Waals surface area contributed by atoms with E-state index in [9.17, 15) is 19.7 Å². The van der Waals surface area contributed by atoms with Crippen molar-refractivity contribution in [2.24, 2.45) is 0 Å². The van der Waals surface area contributed by atoms with E-state index < -0.39 is 22.5 Å². The van der Waals surface area contributed by atoms with Crippen LogP contribution < -0.4 is 10.9 Å². The zero-order chi connectivity index (χ0) is 22.1. The van der Waals surface area contributed by atoms with Crippen LogP contribution in [0.4, 0.5) is 11.5 Å². The number of hydrogen-bond donors (Lipinski definition) is 2. The highest BCUT2D eigenvalue weighted by atomic mass is 32.1. The molecule has 2 aliphatic rings. The number of rotatable bonds is 5. The molecular weight excluding hydrogens is 424 g/mol. The summed E-state index contributed by atoms with van der Waals surface area (Å²) < 4.78 is 12.5. The molecule has 0 bridgehead atoms. The second-order valence-electron chi connectivity index (χ2n) is 7.31. The predicted molar refractivity (Wildman–Crippen MR) is 113 cm³/mol. The van der Waals surface area contributed by atoms with Crippen molar-refractivity contribution in [3.8, 4) is 0 Å². The summed E-state index contributed by atoms with van der Waals surface area (Å²) in [6, 6.07) is 6.43. The van der Waals surface area contributed by atoms with Crippen LogP contribution in [0, 0.1) is 14.9 Å². The number of para-hydroxylation sites is 1. The molecular formula is C20H20N4O6S. The number of anilines is 1. The monoisotopic (exact) mass is 444 g/mol. The molecule has 2 atom stereocenters. The van der Waals surface area contributed by atoms with Crippen molar-refractivity contribution in [2.75, 3.05) is 18.5 Å². The average Bonchev–Trinajstić information content (AvgIpc) is 3.24. The van der Waals surface area contributed by atoms with Crippen LogP contribution >= 0.6 is 12.2 Å². The summed E-state index contributed by atoms with van der Waals surface area (Å²) >= 11 is 5.35. The Hall–Kier alpha value is -3.31. The zero-order valence-corrected chi connectivity index (χ0v) is 17.4. The Balaban J connectivity index is 1.84. The van der Waals surface area contributed by atoms with Gasteiger partial charge in [0.05, 0.1) is 22.2 Å². The fraction of sp³-hybridized carbons (Fsp3) is 0.350. The topological polar surface area (TPSA) is 128 Å². The second-order valence-corrected chi connectivity index (χ2v) is 7.70. The summed E-state index contributed by atoms with van der Waals surface area (Å²) in [5, 5.41) is 14.7. The Morgan fingerprint density at radius 2 is 2.19 bits per heavy atom. The highest BCUT2D eigenvalue weighted by Gasteiger charge is 2.37. The maximum atomic E-state index is 13.2. The van der Waals surface area contributed by atoms with E-state index in [-0.39, 0.29) is 34.3 Å².